The molecule has 4 nitrogen and oxygen atoms in total. The lowest BCUT2D eigenvalue weighted by molar-refractivity contribution is 0.195. The third-order valence-corrected chi connectivity index (χ3v) is 3.84. The van der Waals surface area contributed by atoms with Crippen molar-refractivity contribution in [2.45, 2.75) is 31.8 Å². The quantitative estimate of drug-likeness (QED) is 0.890. The van der Waals surface area contributed by atoms with Crippen molar-refractivity contribution in [3.05, 3.63) is 65.7 Å². The van der Waals surface area contributed by atoms with Gasteiger partial charge in [0.1, 0.15) is 5.82 Å². The van der Waals surface area contributed by atoms with Gasteiger partial charge in [-0.3, -0.25) is 4.98 Å². The summed E-state index contributed by atoms with van der Waals surface area (Å²) in [6.07, 6.45) is 4.55. The zero-order valence-electron chi connectivity index (χ0n) is 12.9. The highest BCUT2D eigenvalue weighted by Gasteiger charge is 2.25. The molecule has 120 valence electrons. The van der Waals surface area contributed by atoms with Crippen molar-refractivity contribution in [3.8, 4) is 0 Å². The lowest BCUT2D eigenvalue weighted by atomic mass is 10.2. The van der Waals surface area contributed by atoms with Crippen molar-refractivity contribution >= 4 is 6.03 Å². The number of carbonyl (C=O) groups excluding carboxylic acids is 1. The second kappa shape index (κ2) is 7.22. The van der Waals surface area contributed by atoms with Crippen molar-refractivity contribution in [3.63, 3.8) is 0 Å². The molecule has 0 saturated heterocycles. The molecule has 5 heteroatoms. The Kier molecular flexibility index (Phi) is 4.86. The van der Waals surface area contributed by atoms with Crippen LogP contribution in [0.5, 0.6) is 0 Å². The maximum absolute atomic E-state index is 13.0. The standard InChI is InChI=1S/C18H20FN3O/c19-15-6-4-14(5-7-15)13-22(18(23)21-17-8-9-17)12-10-16-3-1-2-11-20-16/h1-7,11,17H,8-10,12-13H2,(H,21,23). The number of hydrogen-bond acceptors (Lipinski definition) is 2. The van der Waals surface area contributed by atoms with Crippen LogP contribution in [-0.2, 0) is 13.0 Å². The topological polar surface area (TPSA) is 45.2 Å². The second-order valence-electron chi connectivity index (χ2n) is 5.84. The Morgan fingerprint density at radius 3 is 2.65 bits per heavy atom. The van der Waals surface area contributed by atoms with E-state index in [1.807, 2.05) is 18.2 Å². The van der Waals surface area contributed by atoms with Gasteiger partial charge in [0, 0.05) is 37.4 Å². The van der Waals surface area contributed by atoms with Crippen LogP contribution in [0.1, 0.15) is 24.1 Å². The van der Waals surface area contributed by atoms with E-state index in [0.717, 1.165) is 24.1 Å². The zero-order valence-corrected chi connectivity index (χ0v) is 12.9. The SMILES string of the molecule is O=C(NC1CC1)N(CCc1ccccn1)Cc1ccc(F)cc1. The van der Waals surface area contributed by atoms with E-state index >= 15 is 0 Å². The minimum atomic E-state index is -0.267. The van der Waals surface area contributed by atoms with Gasteiger partial charge in [-0.1, -0.05) is 18.2 Å². The first-order chi connectivity index (χ1) is 11.2. The molecule has 0 atom stereocenters. The van der Waals surface area contributed by atoms with Crippen LogP contribution in [-0.4, -0.2) is 28.5 Å². The Bertz CT molecular complexity index is 641. The molecule has 0 bridgehead atoms. The fraction of sp³-hybridized carbons (Fsp3) is 0.333. The first-order valence-electron chi connectivity index (χ1n) is 7.90. The normalized spacial score (nSPS) is 13.6. The number of nitrogens with one attached hydrogen (secondary N) is 1. The number of carbonyl (C=O) groups is 1. The van der Waals surface area contributed by atoms with E-state index in [1.54, 1.807) is 23.2 Å². The van der Waals surface area contributed by atoms with Gasteiger partial charge >= 0.3 is 6.03 Å². The zero-order chi connectivity index (χ0) is 16.1. The van der Waals surface area contributed by atoms with E-state index in [9.17, 15) is 9.18 Å². The molecule has 0 spiro atoms. The summed E-state index contributed by atoms with van der Waals surface area (Å²) in [6, 6.07) is 12.3. The van der Waals surface area contributed by atoms with E-state index in [2.05, 4.69) is 10.3 Å². The Hall–Kier alpha value is -2.43. The van der Waals surface area contributed by atoms with Crippen molar-refractivity contribution in [1.29, 1.82) is 0 Å². The van der Waals surface area contributed by atoms with Gasteiger partial charge in [-0.05, 0) is 42.7 Å². The Labute approximate surface area is 135 Å². The summed E-state index contributed by atoms with van der Waals surface area (Å²) >= 11 is 0. The summed E-state index contributed by atoms with van der Waals surface area (Å²) in [5.74, 6) is -0.267. The fourth-order valence-electron chi connectivity index (χ4n) is 2.35. The summed E-state index contributed by atoms with van der Waals surface area (Å²) in [7, 11) is 0. The molecule has 1 aromatic heterocycles. The first kappa shape index (κ1) is 15.5. The summed E-state index contributed by atoms with van der Waals surface area (Å²) in [5.41, 5.74) is 1.87. The molecule has 1 N–H and O–H groups in total. The van der Waals surface area contributed by atoms with Gasteiger partial charge in [-0.25, -0.2) is 9.18 Å². The maximum atomic E-state index is 13.0. The molecule has 1 aromatic carbocycles. The molecule has 2 amide bonds. The summed E-state index contributed by atoms with van der Waals surface area (Å²) in [5, 5.41) is 3.01. The molecule has 23 heavy (non-hydrogen) atoms. The fourth-order valence-corrected chi connectivity index (χ4v) is 2.35. The van der Waals surface area contributed by atoms with Crippen LogP contribution in [0.15, 0.2) is 48.7 Å². The monoisotopic (exact) mass is 313 g/mol. The minimum Gasteiger partial charge on any atom is -0.335 e. The number of urea groups is 1. The van der Waals surface area contributed by atoms with Crippen LogP contribution in [0.25, 0.3) is 0 Å². The smallest absolute Gasteiger partial charge is 0.317 e. The van der Waals surface area contributed by atoms with Crippen molar-refractivity contribution < 1.29 is 9.18 Å². The molecule has 3 rings (SSSR count). The van der Waals surface area contributed by atoms with Gasteiger partial charge < -0.3 is 10.2 Å². The summed E-state index contributed by atoms with van der Waals surface area (Å²) < 4.78 is 13.0. The number of pyridine rings is 1. The highest BCUT2D eigenvalue weighted by Crippen LogP contribution is 2.19. The van der Waals surface area contributed by atoms with Crippen molar-refractivity contribution in [2.75, 3.05) is 6.54 Å². The predicted molar refractivity (Wildman–Crippen MR) is 86.3 cm³/mol. The second-order valence-corrected chi connectivity index (χ2v) is 5.84. The van der Waals surface area contributed by atoms with E-state index in [-0.39, 0.29) is 11.8 Å². The lowest BCUT2D eigenvalue weighted by Crippen LogP contribution is -2.41. The number of halogens is 1. The third-order valence-electron chi connectivity index (χ3n) is 3.84. The van der Waals surface area contributed by atoms with Crippen LogP contribution in [0, 0.1) is 5.82 Å². The number of aromatic nitrogens is 1. The van der Waals surface area contributed by atoms with Crippen molar-refractivity contribution in [1.82, 2.24) is 15.2 Å². The van der Waals surface area contributed by atoms with Crippen molar-refractivity contribution in [2.24, 2.45) is 0 Å². The molecule has 0 unspecified atom stereocenters. The number of hydrogen-bond donors (Lipinski definition) is 1. The highest BCUT2D eigenvalue weighted by atomic mass is 19.1. The molecule has 1 heterocycles. The van der Waals surface area contributed by atoms with E-state index in [0.29, 0.717) is 25.6 Å². The highest BCUT2D eigenvalue weighted by molar-refractivity contribution is 5.74. The van der Waals surface area contributed by atoms with Crippen LogP contribution in [0.3, 0.4) is 0 Å². The van der Waals surface area contributed by atoms with Gasteiger partial charge in [-0.15, -0.1) is 0 Å². The number of benzene rings is 1. The number of amides is 2. The largest absolute Gasteiger partial charge is 0.335 e. The van der Waals surface area contributed by atoms with E-state index in [1.165, 1.54) is 12.1 Å². The molecule has 2 aromatic rings. The summed E-state index contributed by atoms with van der Waals surface area (Å²) in [4.78, 5) is 18.5. The Morgan fingerprint density at radius 1 is 1.22 bits per heavy atom. The van der Waals surface area contributed by atoms with Gasteiger partial charge in [0.25, 0.3) is 0 Å². The van der Waals surface area contributed by atoms with E-state index < -0.39 is 0 Å². The molecule has 1 fully saturated rings. The van der Waals surface area contributed by atoms with Gasteiger partial charge in [0.05, 0.1) is 0 Å². The number of nitrogens with zero attached hydrogens (tertiary/aromatic N) is 2. The molecule has 1 aliphatic rings. The van der Waals surface area contributed by atoms with Crippen LogP contribution >= 0.6 is 0 Å². The van der Waals surface area contributed by atoms with E-state index in [4.69, 9.17) is 0 Å². The average Bonchev–Trinajstić information content (AvgIpc) is 3.38. The van der Waals surface area contributed by atoms with Gasteiger partial charge in [-0.2, -0.15) is 0 Å². The van der Waals surface area contributed by atoms with Crippen LogP contribution < -0.4 is 5.32 Å². The molecular weight excluding hydrogens is 293 g/mol. The summed E-state index contributed by atoms with van der Waals surface area (Å²) in [6.45, 7) is 1.04. The molecule has 0 radical (unpaired) electrons. The molecule has 1 aliphatic carbocycles. The molecular formula is C18H20FN3O. The third kappa shape index (κ3) is 4.77. The number of rotatable bonds is 6. The Morgan fingerprint density at radius 2 is 2.00 bits per heavy atom. The van der Waals surface area contributed by atoms with Crippen LogP contribution in [0.2, 0.25) is 0 Å². The first-order valence-corrected chi connectivity index (χ1v) is 7.90. The lowest BCUT2D eigenvalue weighted by Gasteiger charge is -2.23. The average molecular weight is 313 g/mol. The maximum Gasteiger partial charge on any atom is 0.317 e. The Balaban J connectivity index is 1.64. The van der Waals surface area contributed by atoms with Gasteiger partial charge in [0.15, 0.2) is 0 Å². The molecule has 0 aliphatic heterocycles. The predicted octanol–water partition coefficient (Wildman–Crippen LogP) is 3.14. The van der Waals surface area contributed by atoms with Gasteiger partial charge in [0.2, 0.25) is 0 Å². The minimum absolute atomic E-state index is 0.0623. The molecule has 1 saturated carbocycles. The van der Waals surface area contributed by atoms with Crippen LogP contribution in [0.4, 0.5) is 9.18 Å².